The van der Waals surface area contributed by atoms with E-state index in [2.05, 4.69) is 20.0 Å². The molecule has 0 bridgehead atoms. The lowest BCUT2D eigenvalue weighted by molar-refractivity contribution is -0.0498. The van der Waals surface area contributed by atoms with Crippen LogP contribution in [0.15, 0.2) is 30.6 Å². The zero-order valence-corrected chi connectivity index (χ0v) is 9.78. The predicted molar refractivity (Wildman–Crippen MR) is 63.7 cm³/mol. The van der Waals surface area contributed by atoms with Gasteiger partial charge in [-0.1, -0.05) is 0 Å². The quantitative estimate of drug-likeness (QED) is 0.861. The second-order valence-corrected chi connectivity index (χ2v) is 3.73. The van der Waals surface area contributed by atoms with Crippen LogP contribution < -0.4 is 10.1 Å². The second kappa shape index (κ2) is 5.48. The van der Waals surface area contributed by atoms with Crippen molar-refractivity contribution in [2.45, 2.75) is 20.1 Å². The Balaban J connectivity index is 1.92. The first-order valence-corrected chi connectivity index (χ1v) is 5.43. The van der Waals surface area contributed by atoms with Gasteiger partial charge in [-0.25, -0.2) is 4.98 Å². The highest BCUT2D eigenvalue weighted by Crippen LogP contribution is 2.18. The minimum atomic E-state index is -2.80. The van der Waals surface area contributed by atoms with Crippen molar-refractivity contribution < 1.29 is 13.5 Å². The number of hydrogen-bond acceptors (Lipinski definition) is 3. The summed E-state index contributed by atoms with van der Waals surface area (Å²) in [7, 11) is 0. The molecule has 0 saturated heterocycles. The van der Waals surface area contributed by atoms with Crippen molar-refractivity contribution in [2.75, 3.05) is 5.32 Å². The number of ether oxygens (including phenoxy) is 1. The van der Waals surface area contributed by atoms with Crippen LogP contribution in [0.2, 0.25) is 0 Å². The van der Waals surface area contributed by atoms with E-state index in [0.717, 1.165) is 17.1 Å². The molecular weight excluding hydrogens is 240 g/mol. The predicted octanol–water partition coefficient (Wildman–Crippen LogP) is 2.93. The Morgan fingerprint density at radius 1 is 1.33 bits per heavy atom. The summed E-state index contributed by atoms with van der Waals surface area (Å²) in [5.74, 6) is 0.145. The molecule has 1 aromatic carbocycles. The Hall–Kier alpha value is -2.11. The van der Waals surface area contributed by atoms with E-state index in [1.165, 1.54) is 12.1 Å². The SMILES string of the molecule is Cc1[nH]cnc1CNc1ccc(OC(F)F)cc1. The van der Waals surface area contributed by atoms with E-state index < -0.39 is 6.61 Å². The summed E-state index contributed by atoms with van der Waals surface area (Å²) in [5.41, 5.74) is 2.74. The van der Waals surface area contributed by atoms with Gasteiger partial charge in [0.1, 0.15) is 5.75 Å². The van der Waals surface area contributed by atoms with E-state index >= 15 is 0 Å². The number of benzene rings is 1. The molecule has 96 valence electrons. The first-order chi connectivity index (χ1) is 8.65. The molecule has 4 nitrogen and oxygen atoms in total. The molecule has 0 fully saturated rings. The Labute approximate surface area is 103 Å². The summed E-state index contributed by atoms with van der Waals surface area (Å²) < 4.78 is 28.2. The van der Waals surface area contributed by atoms with Crippen LogP contribution in [0, 0.1) is 6.92 Å². The minimum Gasteiger partial charge on any atom is -0.435 e. The number of halogens is 2. The molecule has 0 unspecified atom stereocenters. The maximum absolute atomic E-state index is 11.9. The van der Waals surface area contributed by atoms with E-state index in [0.29, 0.717) is 6.54 Å². The largest absolute Gasteiger partial charge is 0.435 e. The average molecular weight is 253 g/mol. The Kier molecular flexibility index (Phi) is 3.76. The van der Waals surface area contributed by atoms with Crippen molar-refractivity contribution in [3.63, 3.8) is 0 Å². The van der Waals surface area contributed by atoms with Crippen molar-refractivity contribution in [1.29, 1.82) is 0 Å². The van der Waals surface area contributed by atoms with Gasteiger partial charge < -0.3 is 15.0 Å². The van der Waals surface area contributed by atoms with Crippen LogP contribution in [0.5, 0.6) is 5.75 Å². The smallest absolute Gasteiger partial charge is 0.387 e. The molecule has 0 amide bonds. The van der Waals surface area contributed by atoms with Gasteiger partial charge in [-0.15, -0.1) is 0 Å². The Morgan fingerprint density at radius 2 is 2.06 bits per heavy atom. The van der Waals surface area contributed by atoms with Crippen molar-refractivity contribution in [1.82, 2.24) is 9.97 Å². The molecule has 2 N–H and O–H groups in total. The highest BCUT2D eigenvalue weighted by molar-refractivity contribution is 5.46. The zero-order valence-electron chi connectivity index (χ0n) is 9.78. The number of imidazole rings is 1. The summed E-state index contributed by atoms with van der Waals surface area (Å²) in [5, 5.41) is 3.14. The van der Waals surface area contributed by atoms with Gasteiger partial charge in [0, 0.05) is 11.4 Å². The standard InChI is InChI=1S/C12H13F2N3O/c1-8-11(17-7-16-8)6-15-9-2-4-10(5-3-9)18-12(13)14/h2-5,7,12,15H,6H2,1H3,(H,16,17). The van der Waals surface area contributed by atoms with Gasteiger partial charge in [0.25, 0.3) is 0 Å². The molecule has 2 aromatic rings. The van der Waals surface area contributed by atoms with E-state index in [-0.39, 0.29) is 5.75 Å². The minimum absolute atomic E-state index is 0.145. The topological polar surface area (TPSA) is 49.9 Å². The third-order valence-electron chi connectivity index (χ3n) is 2.47. The molecule has 0 spiro atoms. The first-order valence-electron chi connectivity index (χ1n) is 5.43. The van der Waals surface area contributed by atoms with Crippen LogP contribution in [0.1, 0.15) is 11.4 Å². The van der Waals surface area contributed by atoms with Crippen molar-refractivity contribution in [3.05, 3.63) is 42.0 Å². The number of aromatic amines is 1. The van der Waals surface area contributed by atoms with Crippen LogP contribution in [0.3, 0.4) is 0 Å². The van der Waals surface area contributed by atoms with Crippen LogP contribution in [0.4, 0.5) is 14.5 Å². The number of nitrogens with one attached hydrogen (secondary N) is 2. The van der Waals surface area contributed by atoms with Gasteiger partial charge in [-0.2, -0.15) is 8.78 Å². The molecule has 0 saturated carbocycles. The monoisotopic (exact) mass is 253 g/mol. The second-order valence-electron chi connectivity index (χ2n) is 3.73. The lowest BCUT2D eigenvalue weighted by atomic mass is 10.3. The third-order valence-corrected chi connectivity index (χ3v) is 2.47. The lowest BCUT2D eigenvalue weighted by Gasteiger charge is -2.07. The maximum atomic E-state index is 11.9. The summed E-state index contributed by atoms with van der Waals surface area (Å²) >= 11 is 0. The summed E-state index contributed by atoms with van der Waals surface area (Å²) in [6, 6.07) is 6.34. The Bertz CT molecular complexity index is 496. The lowest BCUT2D eigenvalue weighted by Crippen LogP contribution is -2.03. The number of hydrogen-bond donors (Lipinski definition) is 2. The van der Waals surface area contributed by atoms with Crippen LogP contribution >= 0.6 is 0 Å². The summed E-state index contributed by atoms with van der Waals surface area (Å²) in [6.45, 7) is -0.288. The van der Waals surface area contributed by atoms with E-state index in [1.807, 2.05) is 6.92 Å². The van der Waals surface area contributed by atoms with Gasteiger partial charge in [-0.3, -0.25) is 0 Å². The molecule has 0 aliphatic heterocycles. The van der Waals surface area contributed by atoms with Crippen molar-refractivity contribution in [3.8, 4) is 5.75 Å². The average Bonchev–Trinajstić information content (AvgIpc) is 2.73. The molecular formula is C12H13F2N3O. The highest BCUT2D eigenvalue weighted by Gasteiger charge is 2.04. The van der Waals surface area contributed by atoms with Crippen molar-refractivity contribution >= 4 is 5.69 Å². The Morgan fingerprint density at radius 3 is 2.61 bits per heavy atom. The molecule has 1 heterocycles. The molecule has 1 aromatic heterocycles. The first kappa shape index (κ1) is 12.3. The van der Waals surface area contributed by atoms with Gasteiger partial charge in [0.15, 0.2) is 0 Å². The number of aromatic nitrogens is 2. The van der Waals surface area contributed by atoms with Crippen LogP contribution in [-0.2, 0) is 6.54 Å². The van der Waals surface area contributed by atoms with Gasteiger partial charge in [-0.05, 0) is 31.2 Å². The van der Waals surface area contributed by atoms with Gasteiger partial charge in [0.2, 0.25) is 0 Å². The van der Waals surface area contributed by atoms with E-state index in [4.69, 9.17) is 0 Å². The molecule has 0 radical (unpaired) electrons. The zero-order chi connectivity index (χ0) is 13.0. The van der Waals surface area contributed by atoms with E-state index in [9.17, 15) is 8.78 Å². The van der Waals surface area contributed by atoms with Crippen molar-refractivity contribution in [2.24, 2.45) is 0 Å². The molecule has 18 heavy (non-hydrogen) atoms. The molecule has 0 aliphatic rings. The number of anilines is 1. The highest BCUT2D eigenvalue weighted by atomic mass is 19.3. The normalized spacial score (nSPS) is 10.7. The molecule has 0 atom stereocenters. The fraction of sp³-hybridized carbons (Fsp3) is 0.250. The number of alkyl halides is 2. The molecule has 2 rings (SSSR count). The number of rotatable bonds is 5. The summed E-state index contributed by atoms with van der Waals surface area (Å²) in [6.07, 6.45) is 1.63. The van der Waals surface area contributed by atoms with Crippen LogP contribution in [-0.4, -0.2) is 16.6 Å². The number of nitrogens with zero attached hydrogens (tertiary/aromatic N) is 1. The number of aryl methyl sites for hydroxylation is 1. The summed E-state index contributed by atoms with van der Waals surface area (Å²) in [4.78, 5) is 7.13. The van der Waals surface area contributed by atoms with Crippen LogP contribution in [0.25, 0.3) is 0 Å². The fourth-order valence-corrected chi connectivity index (χ4v) is 1.51. The number of H-pyrrole nitrogens is 1. The van der Waals surface area contributed by atoms with Gasteiger partial charge >= 0.3 is 6.61 Å². The third kappa shape index (κ3) is 3.19. The van der Waals surface area contributed by atoms with E-state index in [1.54, 1.807) is 18.5 Å². The molecule has 0 aliphatic carbocycles. The fourth-order valence-electron chi connectivity index (χ4n) is 1.51. The van der Waals surface area contributed by atoms with Gasteiger partial charge in [0.05, 0.1) is 18.6 Å². The maximum Gasteiger partial charge on any atom is 0.387 e. The molecule has 6 heteroatoms.